The Morgan fingerprint density at radius 3 is 1.38 bits per heavy atom. The molecule has 2 aliphatic heterocycles. The Hall–Kier alpha value is 2.66. The van der Waals surface area contributed by atoms with Crippen molar-refractivity contribution in [2.45, 2.75) is 0 Å². The van der Waals surface area contributed by atoms with Gasteiger partial charge < -0.3 is 0 Å². The third-order valence-electron chi connectivity index (χ3n) is 1.46. The molecule has 0 aromatic carbocycles. The van der Waals surface area contributed by atoms with Gasteiger partial charge >= 0.3 is 0 Å². The molecule has 2 aliphatic rings. The molecule has 0 aromatic rings. The van der Waals surface area contributed by atoms with Gasteiger partial charge in [0, 0.05) is 23.0 Å². The summed E-state index contributed by atoms with van der Waals surface area (Å²) in [5.74, 6) is 4.83. The zero-order chi connectivity index (χ0) is 9.36. The second-order valence-electron chi connectivity index (χ2n) is 2.43. The average Bonchev–Trinajstić information content (AvgIpc) is 2.60. The Morgan fingerprint density at radius 1 is 0.769 bits per heavy atom. The maximum atomic E-state index is 5.64. The molecule has 0 aromatic heterocycles. The second-order valence-corrected chi connectivity index (χ2v) is 25.0. The van der Waals surface area contributed by atoms with Crippen LogP contribution in [0.4, 0.5) is 0 Å². The molecule has 13 heavy (non-hydrogen) atoms. The maximum absolute atomic E-state index is 5.64. The normalized spacial score (nSPS) is 30.8. The highest BCUT2D eigenvalue weighted by atomic mass is 33.3. The van der Waals surface area contributed by atoms with Crippen molar-refractivity contribution in [1.82, 2.24) is 4.86 Å². The van der Waals surface area contributed by atoms with E-state index in [0.29, 0.717) is 0 Å². The van der Waals surface area contributed by atoms with Crippen molar-refractivity contribution in [2.24, 2.45) is 0 Å². The van der Waals surface area contributed by atoms with Crippen LogP contribution in [0.3, 0.4) is 0 Å². The Kier molecular flexibility index (Phi) is 4.56. The monoisotopic (exact) mass is 325 g/mol. The van der Waals surface area contributed by atoms with E-state index in [9.17, 15) is 0 Å². The first-order valence-corrected chi connectivity index (χ1v) is 15.7. The van der Waals surface area contributed by atoms with Gasteiger partial charge in [0.25, 0.3) is 0 Å². The Labute approximate surface area is 105 Å². The second kappa shape index (κ2) is 4.89. The maximum Gasteiger partial charge on any atom is 0.123 e. The van der Waals surface area contributed by atoms with E-state index in [1.54, 1.807) is 0 Å². The summed E-state index contributed by atoms with van der Waals surface area (Å²) in [5, 5.41) is 0. The van der Waals surface area contributed by atoms with Gasteiger partial charge in [0.15, 0.2) is 0 Å². The Bertz CT molecular complexity index is 244. The van der Waals surface area contributed by atoms with E-state index in [-0.39, 0.29) is 0 Å². The molecular formula is C4H9NP2S6. The summed E-state index contributed by atoms with van der Waals surface area (Å²) in [6, 6.07) is 0. The van der Waals surface area contributed by atoms with Crippen LogP contribution in [0.25, 0.3) is 0 Å². The Balaban J connectivity index is 2.04. The highest BCUT2D eigenvalue weighted by molar-refractivity contribution is 9.07. The first kappa shape index (κ1) is 12.1. The fourth-order valence-electron chi connectivity index (χ4n) is 0.970. The lowest BCUT2D eigenvalue weighted by atomic mass is 11.0. The third-order valence-corrected chi connectivity index (χ3v) is 25.1. The van der Waals surface area contributed by atoms with Gasteiger partial charge in [0.05, 0.1) is 0 Å². The number of hydrogen-bond donors (Lipinski definition) is 1. The van der Waals surface area contributed by atoms with E-state index in [1.165, 1.54) is 23.0 Å². The van der Waals surface area contributed by atoms with E-state index in [2.05, 4.69) is 4.86 Å². The molecule has 0 atom stereocenters. The predicted octanol–water partition coefficient (Wildman–Crippen LogP) is 3.99. The lowest BCUT2D eigenvalue weighted by molar-refractivity contribution is 1.59. The molecule has 76 valence electrons. The summed E-state index contributed by atoms with van der Waals surface area (Å²) in [6.07, 6.45) is 0. The van der Waals surface area contributed by atoms with Crippen LogP contribution in [0.15, 0.2) is 0 Å². The first-order valence-electron chi connectivity index (χ1n) is 3.70. The Morgan fingerprint density at radius 2 is 1.08 bits per heavy atom. The summed E-state index contributed by atoms with van der Waals surface area (Å²) < 4.78 is -2.73. The van der Waals surface area contributed by atoms with Crippen molar-refractivity contribution in [2.75, 3.05) is 23.0 Å². The number of hydrogen-bond acceptors (Lipinski definition) is 6. The van der Waals surface area contributed by atoms with Crippen LogP contribution in [0.5, 0.6) is 0 Å². The van der Waals surface area contributed by atoms with E-state index in [1.807, 2.05) is 45.5 Å². The summed E-state index contributed by atoms with van der Waals surface area (Å²) in [7, 11) is 0. The van der Waals surface area contributed by atoms with E-state index in [4.69, 9.17) is 23.6 Å². The summed E-state index contributed by atoms with van der Waals surface area (Å²) >= 11 is 19.0. The van der Waals surface area contributed by atoms with Crippen molar-refractivity contribution in [3.8, 4) is 0 Å². The quantitative estimate of drug-likeness (QED) is 0.761. The van der Waals surface area contributed by atoms with Gasteiger partial charge in [-0.1, -0.05) is 69.1 Å². The van der Waals surface area contributed by atoms with Crippen LogP contribution >= 0.6 is 54.7 Å². The smallest absolute Gasteiger partial charge is 0.123 e. The molecule has 0 aliphatic carbocycles. The zero-order valence-electron chi connectivity index (χ0n) is 6.67. The van der Waals surface area contributed by atoms with Crippen molar-refractivity contribution in [3.05, 3.63) is 0 Å². The minimum atomic E-state index is -1.36. The SMILES string of the molecule is S=P1(NP2(=S)SCCS2)SCCS1. The molecule has 1 nitrogen and oxygen atoms in total. The predicted molar refractivity (Wildman–Crippen MR) is 81.5 cm³/mol. The molecule has 2 fully saturated rings. The largest absolute Gasteiger partial charge is 0.227 e. The van der Waals surface area contributed by atoms with Gasteiger partial charge in [-0.2, -0.15) is 0 Å². The lowest BCUT2D eigenvalue weighted by Crippen LogP contribution is -1.93. The topological polar surface area (TPSA) is 12.0 Å². The van der Waals surface area contributed by atoms with E-state index in [0.717, 1.165) is 0 Å². The van der Waals surface area contributed by atoms with Crippen LogP contribution < -0.4 is 4.86 Å². The summed E-state index contributed by atoms with van der Waals surface area (Å²) in [4.78, 5) is 3.63. The van der Waals surface area contributed by atoms with Crippen LogP contribution in [-0.4, -0.2) is 23.0 Å². The van der Waals surface area contributed by atoms with Gasteiger partial charge in [-0.25, -0.2) is 4.86 Å². The molecule has 0 radical (unpaired) electrons. The molecule has 0 unspecified atom stereocenters. The van der Waals surface area contributed by atoms with Crippen LogP contribution in [-0.2, 0) is 23.6 Å². The molecule has 0 saturated carbocycles. The highest BCUT2D eigenvalue weighted by Crippen LogP contribution is 2.82. The molecule has 9 heteroatoms. The van der Waals surface area contributed by atoms with Gasteiger partial charge in [-0.3, -0.25) is 0 Å². The van der Waals surface area contributed by atoms with Gasteiger partial charge in [0.2, 0.25) is 0 Å². The van der Waals surface area contributed by atoms with Gasteiger partial charge in [-0.05, 0) is 0 Å². The summed E-state index contributed by atoms with van der Waals surface area (Å²) in [5.41, 5.74) is 0. The first-order chi connectivity index (χ1) is 6.12. The minimum Gasteiger partial charge on any atom is -0.227 e. The molecule has 2 saturated heterocycles. The number of nitrogens with one attached hydrogen (secondary N) is 1. The standard InChI is InChI=1S/C4H9NP2S6/c8-6(10-1-2-11-6)5-7(9)12-3-4-13-7/h1-4H2,(H,5,8,9). The summed E-state index contributed by atoms with van der Waals surface area (Å²) in [6.45, 7) is 0. The van der Waals surface area contributed by atoms with Crippen LogP contribution in [0.2, 0.25) is 0 Å². The van der Waals surface area contributed by atoms with E-state index >= 15 is 0 Å². The highest BCUT2D eigenvalue weighted by Gasteiger charge is 2.33. The molecule has 0 spiro atoms. The zero-order valence-corrected chi connectivity index (χ0v) is 13.4. The molecule has 2 heterocycles. The van der Waals surface area contributed by atoms with Crippen LogP contribution in [0.1, 0.15) is 0 Å². The van der Waals surface area contributed by atoms with Gasteiger partial charge in [0.1, 0.15) is 9.18 Å². The lowest BCUT2D eigenvalue weighted by Gasteiger charge is -2.22. The van der Waals surface area contributed by atoms with Crippen molar-refractivity contribution in [3.63, 3.8) is 0 Å². The fraction of sp³-hybridized carbons (Fsp3) is 1.00. The van der Waals surface area contributed by atoms with E-state index < -0.39 is 9.18 Å². The molecule has 0 bridgehead atoms. The molecular weight excluding hydrogens is 316 g/mol. The minimum absolute atomic E-state index is 1.21. The van der Waals surface area contributed by atoms with Crippen molar-refractivity contribution in [1.29, 1.82) is 0 Å². The van der Waals surface area contributed by atoms with Crippen molar-refractivity contribution < 1.29 is 0 Å². The third kappa shape index (κ3) is 3.31. The van der Waals surface area contributed by atoms with Crippen LogP contribution in [0, 0.1) is 0 Å². The molecule has 1 N–H and O–H groups in total. The average molecular weight is 325 g/mol. The number of rotatable bonds is 2. The molecule has 0 amide bonds. The molecule has 2 rings (SSSR count). The van der Waals surface area contributed by atoms with Crippen molar-refractivity contribution >= 4 is 78.3 Å². The fourth-order valence-corrected chi connectivity index (χ4v) is 31.0. The van der Waals surface area contributed by atoms with Gasteiger partial charge in [-0.15, -0.1) is 0 Å².